The van der Waals surface area contributed by atoms with Crippen LogP contribution in [0.2, 0.25) is 0 Å². The third-order valence-corrected chi connectivity index (χ3v) is 3.66. The molecule has 0 aliphatic heterocycles. The van der Waals surface area contributed by atoms with Crippen molar-refractivity contribution < 1.29 is 0 Å². The Balaban J connectivity index is 1.83. The van der Waals surface area contributed by atoms with Gasteiger partial charge in [-0.2, -0.15) is 0 Å². The molecule has 0 radical (unpaired) electrons. The summed E-state index contributed by atoms with van der Waals surface area (Å²) in [7, 11) is 2.22. The second-order valence-electron chi connectivity index (χ2n) is 4.96. The summed E-state index contributed by atoms with van der Waals surface area (Å²) in [4.78, 5) is 6.83. The van der Waals surface area contributed by atoms with E-state index >= 15 is 0 Å². The lowest BCUT2D eigenvalue weighted by Crippen LogP contribution is -2.32. The van der Waals surface area contributed by atoms with Crippen molar-refractivity contribution in [2.75, 3.05) is 13.6 Å². The van der Waals surface area contributed by atoms with Gasteiger partial charge in [0.25, 0.3) is 0 Å². The SMILES string of the molecule is CCNC1CCC(N(C)Cc2ccccn2)C1. The molecule has 1 N–H and O–H groups in total. The van der Waals surface area contributed by atoms with Crippen molar-refractivity contribution in [2.45, 2.75) is 44.8 Å². The minimum Gasteiger partial charge on any atom is -0.314 e. The first-order valence-corrected chi connectivity index (χ1v) is 6.63. The van der Waals surface area contributed by atoms with E-state index < -0.39 is 0 Å². The fourth-order valence-electron chi connectivity index (χ4n) is 2.71. The van der Waals surface area contributed by atoms with Gasteiger partial charge in [0.05, 0.1) is 5.69 Å². The third-order valence-electron chi connectivity index (χ3n) is 3.66. The Hall–Kier alpha value is -0.930. The van der Waals surface area contributed by atoms with Gasteiger partial charge in [-0.3, -0.25) is 9.88 Å². The molecule has 3 heteroatoms. The molecule has 2 rings (SSSR count). The summed E-state index contributed by atoms with van der Waals surface area (Å²) in [6, 6.07) is 7.57. The molecule has 0 spiro atoms. The molecule has 2 unspecified atom stereocenters. The van der Waals surface area contributed by atoms with Crippen LogP contribution in [0.1, 0.15) is 31.9 Å². The Kier molecular flexibility index (Phi) is 4.51. The number of nitrogens with one attached hydrogen (secondary N) is 1. The quantitative estimate of drug-likeness (QED) is 0.843. The Labute approximate surface area is 104 Å². The number of nitrogens with zero attached hydrogens (tertiary/aromatic N) is 2. The van der Waals surface area contributed by atoms with Crippen LogP contribution in [0.5, 0.6) is 0 Å². The van der Waals surface area contributed by atoms with E-state index in [9.17, 15) is 0 Å². The summed E-state index contributed by atoms with van der Waals surface area (Å²) in [5.41, 5.74) is 1.17. The van der Waals surface area contributed by atoms with Crippen LogP contribution in [-0.4, -0.2) is 35.6 Å². The zero-order valence-electron chi connectivity index (χ0n) is 10.9. The summed E-state index contributed by atoms with van der Waals surface area (Å²) in [5.74, 6) is 0. The minimum absolute atomic E-state index is 0.709. The first kappa shape index (κ1) is 12.5. The Bertz CT molecular complexity index is 325. The molecular formula is C14H23N3. The Morgan fingerprint density at radius 1 is 1.41 bits per heavy atom. The van der Waals surface area contributed by atoms with Gasteiger partial charge in [0.15, 0.2) is 0 Å². The predicted octanol–water partition coefficient (Wildman–Crippen LogP) is 2.04. The number of pyridine rings is 1. The van der Waals surface area contributed by atoms with E-state index in [0.29, 0.717) is 6.04 Å². The summed E-state index contributed by atoms with van der Waals surface area (Å²) < 4.78 is 0. The molecule has 1 fully saturated rings. The van der Waals surface area contributed by atoms with Crippen molar-refractivity contribution >= 4 is 0 Å². The Morgan fingerprint density at radius 3 is 3.00 bits per heavy atom. The summed E-state index contributed by atoms with van der Waals surface area (Å²) in [6.45, 7) is 4.23. The normalized spacial score (nSPS) is 24.4. The lowest BCUT2D eigenvalue weighted by Gasteiger charge is -2.24. The van der Waals surface area contributed by atoms with Crippen LogP contribution < -0.4 is 5.32 Å². The first-order chi connectivity index (χ1) is 8.29. The van der Waals surface area contributed by atoms with Gasteiger partial charge in [-0.15, -0.1) is 0 Å². The average molecular weight is 233 g/mol. The van der Waals surface area contributed by atoms with Crippen molar-refractivity contribution in [1.29, 1.82) is 0 Å². The molecule has 0 aromatic carbocycles. The third kappa shape index (κ3) is 3.51. The Morgan fingerprint density at radius 2 is 2.29 bits per heavy atom. The van der Waals surface area contributed by atoms with E-state index in [2.05, 4.69) is 41.3 Å². The van der Waals surface area contributed by atoms with Crippen LogP contribution in [0.15, 0.2) is 24.4 Å². The molecule has 2 atom stereocenters. The molecule has 94 valence electrons. The van der Waals surface area contributed by atoms with E-state index in [1.165, 1.54) is 25.0 Å². The van der Waals surface area contributed by atoms with Crippen molar-refractivity contribution in [3.63, 3.8) is 0 Å². The second kappa shape index (κ2) is 6.12. The lowest BCUT2D eigenvalue weighted by atomic mass is 10.2. The van der Waals surface area contributed by atoms with Crippen molar-refractivity contribution in [2.24, 2.45) is 0 Å². The second-order valence-corrected chi connectivity index (χ2v) is 4.96. The monoisotopic (exact) mass is 233 g/mol. The topological polar surface area (TPSA) is 28.2 Å². The molecule has 0 saturated heterocycles. The summed E-state index contributed by atoms with van der Waals surface area (Å²) in [6.07, 6.45) is 5.77. The van der Waals surface area contributed by atoms with Gasteiger partial charge < -0.3 is 5.32 Å². The standard InChI is InChI=1S/C14H23N3/c1-3-15-12-7-8-14(10-12)17(2)11-13-6-4-5-9-16-13/h4-6,9,12,14-15H,3,7-8,10-11H2,1-2H3. The van der Waals surface area contributed by atoms with Crippen LogP contribution in [0.25, 0.3) is 0 Å². The van der Waals surface area contributed by atoms with Gasteiger partial charge in [0, 0.05) is 24.8 Å². The summed E-state index contributed by atoms with van der Waals surface area (Å²) in [5, 5.41) is 3.55. The first-order valence-electron chi connectivity index (χ1n) is 6.63. The smallest absolute Gasteiger partial charge is 0.0543 e. The number of rotatable bonds is 5. The zero-order chi connectivity index (χ0) is 12.1. The van der Waals surface area contributed by atoms with Gasteiger partial charge in [-0.25, -0.2) is 0 Å². The molecule has 17 heavy (non-hydrogen) atoms. The molecule has 1 aliphatic rings. The van der Waals surface area contributed by atoms with E-state index in [4.69, 9.17) is 0 Å². The highest BCUT2D eigenvalue weighted by Crippen LogP contribution is 2.24. The maximum Gasteiger partial charge on any atom is 0.0543 e. The number of hydrogen-bond acceptors (Lipinski definition) is 3. The van der Waals surface area contributed by atoms with Crippen molar-refractivity contribution in [3.05, 3.63) is 30.1 Å². The fourth-order valence-corrected chi connectivity index (χ4v) is 2.71. The van der Waals surface area contributed by atoms with E-state index in [0.717, 1.165) is 19.1 Å². The molecule has 0 amide bonds. The van der Waals surface area contributed by atoms with E-state index in [1.54, 1.807) is 0 Å². The molecule has 0 bridgehead atoms. The predicted molar refractivity (Wildman–Crippen MR) is 70.8 cm³/mol. The average Bonchev–Trinajstić information content (AvgIpc) is 2.79. The molecule has 1 aromatic rings. The fraction of sp³-hybridized carbons (Fsp3) is 0.643. The zero-order valence-corrected chi connectivity index (χ0v) is 10.9. The molecule has 1 aliphatic carbocycles. The molecule has 1 saturated carbocycles. The van der Waals surface area contributed by atoms with Crippen molar-refractivity contribution in [1.82, 2.24) is 15.2 Å². The van der Waals surface area contributed by atoms with Crippen LogP contribution in [0, 0.1) is 0 Å². The van der Waals surface area contributed by atoms with Crippen LogP contribution >= 0.6 is 0 Å². The van der Waals surface area contributed by atoms with Crippen LogP contribution in [0.3, 0.4) is 0 Å². The van der Waals surface area contributed by atoms with Gasteiger partial charge in [-0.1, -0.05) is 13.0 Å². The molecule has 1 aromatic heterocycles. The minimum atomic E-state index is 0.709. The largest absolute Gasteiger partial charge is 0.314 e. The maximum absolute atomic E-state index is 4.39. The van der Waals surface area contributed by atoms with Crippen molar-refractivity contribution in [3.8, 4) is 0 Å². The molecule has 1 heterocycles. The van der Waals surface area contributed by atoms with Gasteiger partial charge in [-0.05, 0) is 45.0 Å². The van der Waals surface area contributed by atoms with E-state index in [1.807, 2.05) is 12.3 Å². The van der Waals surface area contributed by atoms with Gasteiger partial charge in [0.1, 0.15) is 0 Å². The maximum atomic E-state index is 4.39. The van der Waals surface area contributed by atoms with Gasteiger partial charge >= 0.3 is 0 Å². The van der Waals surface area contributed by atoms with Crippen LogP contribution in [-0.2, 0) is 6.54 Å². The highest BCUT2D eigenvalue weighted by molar-refractivity contribution is 5.03. The molecular weight excluding hydrogens is 210 g/mol. The van der Waals surface area contributed by atoms with Crippen LogP contribution in [0.4, 0.5) is 0 Å². The highest BCUT2D eigenvalue weighted by Gasteiger charge is 2.26. The van der Waals surface area contributed by atoms with E-state index in [-0.39, 0.29) is 0 Å². The highest BCUT2D eigenvalue weighted by atomic mass is 15.1. The summed E-state index contributed by atoms with van der Waals surface area (Å²) >= 11 is 0. The van der Waals surface area contributed by atoms with Gasteiger partial charge in [0.2, 0.25) is 0 Å². The lowest BCUT2D eigenvalue weighted by molar-refractivity contribution is 0.231. The molecule has 3 nitrogen and oxygen atoms in total. The number of hydrogen-bond donors (Lipinski definition) is 1. The number of aromatic nitrogens is 1.